The van der Waals surface area contributed by atoms with Crippen LogP contribution in [0, 0.1) is 6.92 Å². The van der Waals surface area contributed by atoms with E-state index < -0.39 is 0 Å². The van der Waals surface area contributed by atoms with Crippen molar-refractivity contribution in [2.45, 2.75) is 45.8 Å². The van der Waals surface area contributed by atoms with Crippen LogP contribution in [0.25, 0.3) is 5.13 Å². The zero-order valence-electron chi connectivity index (χ0n) is 12.4. The number of hydrogen-bond donors (Lipinski definition) is 0. The molecule has 1 fully saturated rings. The third-order valence-electron chi connectivity index (χ3n) is 3.92. The van der Waals surface area contributed by atoms with Crippen LogP contribution in [0.1, 0.15) is 33.4 Å². The van der Waals surface area contributed by atoms with E-state index in [1.54, 1.807) is 10.9 Å². The number of aromatic nitrogens is 3. The van der Waals surface area contributed by atoms with Gasteiger partial charge in [0.15, 0.2) is 0 Å². The van der Waals surface area contributed by atoms with Gasteiger partial charge in [0, 0.05) is 12.4 Å². The van der Waals surface area contributed by atoms with E-state index in [1.165, 1.54) is 11.3 Å². The molecule has 3 heterocycles. The molecule has 0 saturated carbocycles. The summed E-state index contributed by atoms with van der Waals surface area (Å²) in [5.41, 5.74) is 0.311. The molecule has 1 aliphatic heterocycles. The van der Waals surface area contributed by atoms with Crippen molar-refractivity contribution in [2.24, 2.45) is 0 Å². The number of aryl methyl sites for hydroxylation is 1. The van der Waals surface area contributed by atoms with Crippen LogP contribution >= 0.6 is 11.3 Å². The molecule has 0 bridgehead atoms. The quantitative estimate of drug-likeness (QED) is 0.793. The second kappa shape index (κ2) is 4.41. The lowest BCUT2D eigenvalue weighted by Gasteiger charge is -2.32. The second-order valence-electron chi connectivity index (χ2n) is 6.04. The SMILES string of the molecule is Cc1ccn(-c2ncc(B3OC(C)(C)C(C)(C)O3)s2)n1. The van der Waals surface area contributed by atoms with Gasteiger partial charge in [0.25, 0.3) is 0 Å². The zero-order chi connectivity index (χ0) is 14.5. The highest BCUT2D eigenvalue weighted by molar-refractivity contribution is 7.24. The summed E-state index contributed by atoms with van der Waals surface area (Å²) in [6.45, 7) is 10.1. The molecule has 0 amide bonds. The predicted octanol–water partition coefficient (Wildman–Crippen LogP) is 1.94. The fraction of sp³-hybridized carbons (Fsp3) is 0.538. The monoisotopic (exact) mass is 291 g/mol. The van der Waals surface area contributed by atoms with Crippen molar-refractivity contribution in [3.8, 4) is 5.13 Å². The van der Waals surface area contributed by atoms with Crippen LogP contribution in [0.2, 0.25) is 0 Å². The van der Waals surface area contributed by atoms with Crippen molar-refractivity contribution >= 4 is 23.2 Å². The maximum atomic E-state index is 6.02. The van der Waals surface area contributed by atoms with Crippen LogP contribution in [0.5, 0.6) is 0 Å². The summed E-state index contributed by atoms with van der Waals surface area (Å²) < 4.78 is 14.8. The smallest absolute Gasteiger partial charge is 0.399 e. The highest BCUT2D eigenvalue weighted by Gasteiger charge is 2.52. The van der Waals surface area contributed by atoms with Crippen LogP contribution < -0.4 is 4.78 Å². The lowest BCUT2D eigenvalue weighted by atomic mass is 9.89. The molecule has 0 unspecified atom stereocenters. The summed E-state index contributed by atoms with van der Waals surface area (Å²) in [5, 5.41) is 5.18. The fourth-order valence-corrected chi connectivity index (χ4v) is 2.78. The first-order valence-corrected chi connectivity index (χ1v) is 7.44. The van der Waals surface area contributed by atoms with Crippen molar-refractivity contribution < 1.29 is 9.31 Å². The topological polar surface area (TPSA) is 49.2 Å². The molecule has 1 saturated heterocycles. The number of thiazole rings is 1. The second-order valence-corrected chi connectivity index (χ2v) is 7.08. The third-order valence-corrected chi connectivity index (χ3v) is 4.92. The van der Waals surface area contributed by atoms with Crippen molar-refractivity contribution in [1.29, 1.82) is 0 Å². The minimum Gasteiger partial charge on any atom is -0.399 e. The van der Waals surface area contributed by atoms with Gasteiger partial charge >= 0.3 is 7.12 Å². The van der Waals surface area contributed by atoms with Gasteiger partial charge in [0.1, 0.15) is 0 Å². The van der Waals surface area contributed by atoms with Crippen LogP contribution in [0.3, 0.4) is 0 Å². The molecule has 0 atom stereocenters. The van der Waals surface area contributed by atoms with E-state index in [2.05, 4.69) is 10.1 Å². The summed E-state index contributed by atoms with van der Waals surface area (Å²) in [7, 11) is -0.358. The Bertz CT molecular complexity index is 619. The Labute approximate surface area is 123 Å². The minimum atomic E-state index is -0.358. The van der Waals surface area contributed by atoms with E-state index in [-0.39, 0.29) is 18.3 Å². The van der Waals surface area contributed by atoms with Gasteiger partial charge < -0.3 is 9.31 Å². The summed E-state index contributed by atoms with van der Waals surface area (Å²) in [6.07, 6.45) is 3.71. The molecule has 20 heavy (non-hydrogen) atoms. The average Bonchev–Trinajstić information content (AvgIpc) is 2.98. The molecule has 0 aromatic carbocycles. The van der Waals surface area contributed by atoms with Crippen molar-refractivity contribution in [2.75, 3.05) is 0 Å². The zero-order valence-corrected chi connectivity index (χ0v) is 13.2. The molecule has 2 aromatic rings. The minimum absolute atomic E-state index is 0.329. The Morgan fingerprint density at radius 1 is 1.20 bits per heavy atom. The number of hydrogen-bond acceptors (Lipinski definition) is 5. The predicted molar refractivity (Wildman–Crippen MR) is 79.7 cm³/mol. The van der Waals surface area contributed by atoms with Crippen molar-refractivity contribution in [3.63, 3.8) is 0 Å². The Morgan fingerprint density at radius 2 is 1.85 bits per heavy atom. The van der Waals surface area contributed by atoms with Crippen LogP contribution in [0.15, 0.2) is 18.5 Å². The third kappa shape index (κ3) is 2.19. The maximum Gasteiger partial charge on any atom is 0.507 e. The Balaban J connectivity index is 1.85. The van der Waals surface area contributed by atoms with Crippen molar-refractivity contribution in [1.82, 2.24) is 14.8 Å². The Kier molecular flexibility index (Phi) is 3.04. The van der Waals surface area contributed by atoms with Crippen LogP contribution in [-0.2, 0) is 9.31 Å². The first-order chi connectivity index (χ1) is 9.28. The molecule has 0 spiro atoms. The summed E-state index contributed by atoms with van der Waals surface area (Å²) in [5.74, 6) is 0. The summed E-state index contributed by atoms with van der Waals surface area (Å²) >= 11 is 1.54. The van der Waals surface area contributed by atoms with Crippen LogP contribution in [0.4, 0.5) is 0 Å². The Morgan fingerprint density at radius 3 is 2.40 bits per heavy atom. The first-order valence-electron chi connectivity index (χ1n) is 6.62. The molecule has 0 aliphatic carbocycles. The first kappa shape index (κ1) is 13.8. The molecule has 106 valence electrons. The Hall–Kier alpha value is -1.18. The van der Waals surface area contributed by atoms with Gasteiger partial charge in [0.05, 0.1) is 21.7 Å². The van der Waals surface area contributed by atoms with Gasteiger partial charge in [-0.2, -0.15) is 5.10 Å². The van der Waals surface area contributed by atoms with E-state index >= 15 is 0 Å². The standard InChI is InChI=1S/C13H18BN3O2S/c1-9-6-7-17(16-9)11-15-8-10(20-11)14-18-12(2,3)13(4,5)19-14/h6-8H,1-5H3. The summed E-state index contributed by atoms with van der Waals surface area (Å²) in [4.78, 5) is 4.40. The molecule has 7 heteroatoms. The van der Waals surface area contributed by atoms with Gasteiger partial charge in [-0.1, -0.05) is 0 Å². The van der Waals surface area contributed by atoms with Gasteiger partial charge in [-0.25, -0.2) is 9.67 Å². The van der Waals surface area contributed by atoms with Gasteiger partial charge in [0.2, 0.25) is 5.13 Å². The lowest BCUT2D eigenvalue weighted by molar-refractivity contribution is 0.00578. The molecule has 3 rings (SSSR count). The maximum absolute atomic E-state index is 6.02. The van der Waals surface area contributed by atoms with Crippen molar-refractivity contribution in [3.05, 3.63) is 24.2 Å². The van der Waals surface area contributed by atoms with Gasteiger partial charge in [-0.05, 0) is 40.7 Å². The van der Waals surface area contributed by atoms with E-state index in [0.29, 0.717) is 0 Å². The molecule has 0 radical (unpaired) electrons. The fourth-order valence-electron chi connectivity index (χ4n) is 1.97. The largest absolute Gasteiger partial charge is 0.507 e. The number of rotatable bonds is 2. The molecule has 2 aromatic heterocycles. The highest BCUT2D eigenvalue weighted by atomic mass is 32.1. The van der Waals surface area contributed by atoms with Gasteiger partial charge in [-0.15, -0.1) is 11.3 Å². The lowest BCUT2D eigenvalue weighted by Crippen LogP contribution is -2.41. The normalized spacial score (nSPS) is 20.6. The molecule has 1 aliphatic rings. The molecule has 0 N–H and O–H groups in total. The number of nitrogens with zero attached hydrogens (tertiary/aromatic N) is 3. The van der Waals surface area contributed by atoms with Gasteiger partial charge in [-0.3, -0.25) is 0 Å². The van der Waals surface area contributed by atoms with E-state index in [0.717, 1.165) is 15.6 Å². The molecule has 5 nitrogen and oxygen atoms in total. The summed E-state index contributed by atoms with van der Waals surface area (Å²) in [6, 6.07) is 1.95. The molecular formula is C13H18BN3O2S. The van der Waals surface area contributed by atoms with E-state index in [4.69, 9.17) is 9.31 Å². The highest BCUT2D eigenvalue weighted by Crippen LogP contribution is 2.36. The van der Waals surface area contributed by atoms with E-state index in [1.807, 2.05) is 46.9 Å². The average molecular weight is 291 g/mol. The molecular weight excluding hydrogens is 273 g/mol. The van der Waals surface area contributed by atoms with E-state index in [9.17, 15) is 0 Å². The van der Waals surface area contributed by atoms with Crippen LogP contribution in [-0.4, -0.2) is 33.1 Å².